The predicted octanol–water partition coefficient (Wildman–Crippen LogP) is 1.26. The van der Waals surface area contributed by atoms with Crippen LogP contribution in [0.4, 0.5) is 0 Å². The van der Waals surface area contributed by atoms with E-state index < -0.39 is 5.97 Å². The Balaban J connectivity index is 3.50. The standard InChI is InChI=1S/C7H11NO3/c1-3-7(9)11-6(2)4-5-8-10/h3,6H,1,4-5H2,2H3. The van der Waals surface area contributed by atoms with Crippen molar-refractivity contribution in [2.75, 3.05) is 6.54 Å². The van der Waals surface area contributed by atoms with Gasteiger partial charge in [0.1, 0.15) is 6.10 Å². The average molecular weight is 157 g/mol. The van der Waals surface area contributed by atoms with E-state index in [1.54, 1.807) is 6.92 Å². The molecule has 0 N–H and O–H groups in total. The quantitative estimate of drug-likeness (QED) is 0.343. The highest BCUT2D eigenvalue weighted by atomic mass is 16.5. The van der Waals surface area contributed by atoms with E-state index in [1.807, 2.05) is 0 Å². The van der Waals surface area contributed by atoms with Crippen LogP contribution in [-0.4, -0.2) is 18.6 Å². The highest BCUT2D eigenvalue weighted by Crippen LogP contribution is 1.97. The number of esters is 1. The van der Waals surface area contributed by atoms with Crippen molar-refractivity contribution in [1.29, 1.82) is 0 Å². The van der Waals surface area contributed by atoms with Gasteiger partial charge in [-0.2, -0.15) is 4.91 Å². The fraction of sp³-hybridized carbons (Fsp3) is 0.571. The van der Waals surface area contributed by atoms with Gasteiger partial charge in [-0.1, -0.05) is 11.8 Å². The van der Waals surface area contributed by atoms with Crippen LogP contribution >= 0.6 is 0 Å². The molecule has 0 rings (SSSR count). The molecular weight excluding hydrogens is 146 g/mol. The van der Waals surface area contributed by atoms with Gasteiger partial charge in [0.25, 0.3) is 0 Å². The predicted molar refractivity (Wildman–Crippen MR) is 41.0 cm³/mol. The molecule has 0 aliphatic heterocycles. The minimum Gasteiger partial charge on any atom is -0.459 e. The summed E-state index contributed by atoms with van der Waals surface area (Å²) < 4.78 is 4.75. The van der Waals surface area contributed by atoms with Gasteiger partial charge >= 0.3 is 5.97 Å². The fourth-order valence-corrected chi connectivity index (χ4v) is 0.540. The molecule has 0 spiro atoms. The number of carbonyl (C=O) groups is 1. The molecule has 1 atom stereocenters. The lowest BCUT2D eigenvalue weighted by molar-refractivity contribution is -0.142. The van der Waals surface area contributed by atoms with Gasteiger partial charge in [-0.3, -0.25) is 0 Å². The molecule has 11 heavy (non-hydrogen) atoms. The lowest BCUT2D eigenvalue weighted by Crippen LogP contribution is -2.13. The summed E-state index contributed by atoms with van der Waals surface area (Å²) in [5.74, 6) is -0.469. The van der Waals surface area contributed by atoms with Crippen molar-refractivity contribution in [2.24, 2.45) is 5.18 Å². The number of hydrogen-bond donors (Lipinski definition) is 0. The number of ether oxygens (including phenoxy) is 1. The van der Waals surface area contributed by atoms with Crippen molar-refractivity contribution >= 4 is 5.97 Å². The van der Waals surface area contributed by atoms with Crippen LogP contribution in [0.2, 0.25) is 0 Å². The van der Waals surface area contributed by atoms with Crippen LogP contribution in [0.3, 0.4) is 0 Å². The van der Waals surface area contributed by atoms with Crippen LogP contribution in [-0.2, 0) is 9.53 Å². The third kappa shape index (κ3) is 5.26. The van der Waals surface area contributed by atoms with E-state index >= 15 is 0 Å². The van der Waals surface area contributed by atoms with Crippen molar-refractivity contribution in [3.63, 3.8) is 0 Å². The molecule has 1 unspecified atom stereocenters. The smallest absolute Gasteiger partial charge is 0.330 e. The third-order valence-corrected chi connectivity index (χ3v) is 1.11. The molecule has 0 aliphatic carbocycles. The first-order valence-corrected chi connectivity index (χ1v) is 3.33. The maximum atomic E-state index is 10.5. The first-order chi connectivity index (χ1) is 5.20. The van der Waals surface area contributed by atoms with Gasteiger partial charge in [0.2, 0.25) is 0 Å². The zero-order chi connectivity index (χ0) is 8.69. The van der Waals surface area contributed by atoms with E-state index in [0.29, 0.717) is 6.42 Å². The maximum Gasteiger partial charge on any atom is 0.330 e. The maximum absolute atomic E-state index is 10.5. The van der Waals surface area contributed by atoms with E-state index in [1.165, 1.54) is 0 Å². The molecule has 0 radical (unpaired) electrons. The largest absolute Gasteiger partial charge is 0.459 e. The van der Waals surface area contributed by atoms with Gasteiger partial charge in [0, 0.05) is 12.5 Å². The van der Waals surface area contributed by atoms with Crippen LogP contribution in [0.5, 0.6) is 0 Å². The van der Waals surface area contributed by atoms with Gasteiger partial charge < -0.3 is 4.74 Å². The Kier molecular flexibility index (Phi) is 4.98. The Morgan fingerprint density at radius 1 is 1.82 bits per heavy atom. The Hall–Kier alpha value is -1.19. The van der Waals surface area contributed by atoms with E-state index in [9.17, 15) is 9.70 Å². The van der Waals surface area contributed by atoms with E-state index in [0.717, 1.165) is 6.08 Å². The molecule has 0 bridgehead atoms. The van der Waals surface area contributed by atoms with Crippen LogP contribution in [0.25, 0.3) is 0 Å². The van der Waals surface area contributed by atoms with Crippen molar-refractivity contribution < 1.29 is 9.53 Å². The lowest BCUT2D eigenvalue weighted by Gasteiger charge is -2.08. The van der Waals surface area contributed by atoms with Gasteiger partial charge in [-0.25, -0.2) is 4.79 Å². The minimum absolute atomic E-state index is 0.172. The summed E-state index contributed by atoms with van der Waals surface area (Å²) in [5, 5.41) is 2.64. The number of hydrogen-bond acceptors (Lipinski definition) is 4. The van der Waals surface area contributed by atoms with Crippen molar-refractivity contribution in [2.45, 2.75) is 19.4 Å². The van der Waals surface area contributed by atoms with Crippen LogP contribution in [0, 0.1) is 4.91 Å². The van der Waals surface area contributed by atoms with Crippen molar-refractivity contribution in [1.82, 2.24) is 0 Å². The number of nitrogens with zero attached hydrogens (tertiary/aromatic N) is 1. The summed E-state index contributed by atoms with van der Waals surface area (Å²) in [6.45, 7) is 5.11. The van der Waals surface area contributed by atoms with E-state index in [2.05, 4.69) is 11.8 Å². The summed E-state index contributed by atoms with van der Waals surface area (Å²) in [4.78, 5) is 20.2. The Bertz CT molecular complexity index is 156. The third-order valence-electron chi connectivity index (χ3n) is 1.11. The average Bonchev–Trinajstić information content (AvgIpc) is 2.00. The van der Waals surface area contributed by atoms with Gasteiger partial charge in [0.05, 0.1) is 6.54 Å². The molecule has 0 amide bonds. The molecule has 0 aromatic rings. The molecule has 0 aromatic carbocycles. The Labute approximate surface area is 65.2 Å². The molecular formula is C7H11NO3. The lowest BCUT2D eigenvalue weighted by atomic mass is 10.3. The summed E-state index contributed by atoms with van der Waals surface area (Å²) in [7, 11) is 0. The Morgan fingerprint density at radius 2 is 2.45 bits per heavy atom. The molecule has 62 valence electrons. The number of carbonyl (C=O) groups excluding carboxylic acids is 1. The van der Waals surface area contributed by atoms with Crippen LogP contribution in [0.1, 0.15) is 13.3 Å². The van der Waals surface area contributed by atoms with Crippen LogP contribution < -0.4 is 0 Å². The molecule has 0 aliphatic rings. The molecule has 0 aromatic heterocycles. The Morgan fingerprint density at radius 3 is 2.91 bits per heavy atom. The normalized spacial score (nSPS) is 11.7. The fourth-order valence-electron chi connectivity index (χ4n) is 0.540. The minimum atomic E-state index is -0.469. The molecule has 0 heterocycles. The van der Waals surface area contributed by atoms with Gasteiger partial charge in [-0.05, 0) is 6.92 Å². The van der Waals surface area contributed by atoms with Gasteiger partial charge in [-0.15, -0.1) is 0 Å². The second-order valence-corrected chi connectivity index (χ2v) is 2.09. The zero-order valence-corrected chi connectivity index (χ0v) is 6.45. The summed E-state index contributed by atoms with van der Waals surface area (Å²) in [5.41, 5.74) is 0. The van der Waals surface area contributed by atoms with Gasteiger partial charge in [0.15, 0.2) is 0 Å². The zero-order valence-electron chi connectivity index (χ0n) is 6.45. The SMILES string of the molecule is C=CC(=O)OC(C)CCN=O. The number of rotatable bonds is 5. The molecule has 4 heteroatoms. The first kappa shape index (κ1) is 9.81. The van der Waals surface area contributed by atoms with E-state index in [-0.39, 0.29) is 12.6 Å². The highest BCUT2D eigenvalue weighted by molar-refractivity contribution is 5.81. The highest BCUT2D eigenvalue weighted by Gasteiger charge is 2.04. The van der Waals surface area contributed by atoms with Crippen LogP contribution in [0.15, 0.2) is 17.8 Å². The van der Waals surface area contributed by atoms with E-state index in [4.69, 9.17) is 4.74 Å². The first-order valence-electron chi connectivity index (χ1n) is 3.33. The topological polar surface area (TPSA) is 55.7 Å². The number of nitroso groups, excluding NO2 is 1. The monoisotopic (exact) mass is 157 g/mol. The molecule has 4 nitrogen and oxygen atoms in total. The second-order valence-electron chi connectivity index (χ2n) is 2.09. The van der Waals surface area contributed by atoms with Crippen molar-refractivity contribution in [3.8, 4) is 0 Å². The summed E-state index contributed by atoms with van der Waals surface area (Å²) in [6.07, 6.45) is 1.28. The molecule has 0 saturated carbocycles. The molecule has 0 fully saturated rings. The summed E-state index contributed by atoms with van der Waals surface area (Å²) >= 11 is 0. The van der Waals surface area contributed by atoms with Crippen molar-refractivity contribution in [3.05, 3.63) is 17.6 Å². The summed E-state index contributed by atoms with van der Waals surface area (Å²) in [6, 6.07) is 0. The second kappa shape index (κ2) is 5.58. The molecule has 0 saturated heterocycles.